The summed E-state index contributed by atoms with van der Waals surface area (Å²) in [6.07, 6.45) is 3.86. The van der Waals surface area contributed by atoms with Crippen molar-refractivity contribution in [1.82, 2.24) is 4.90 Å². The number of ether oxygens (including phenoxy) is 1. The molecule has 0 bridgehead atoms. The monoisotopic (exact) mass is 300 g/mol. The molecule has 4 heteroatoms. The lowest BCUT2D eigenvalue weighted by molar-refractivity contribution is -0.108. The Bertz CT molecular complexity index is 552. The van der Waals surface area contributed by atoms with Gasteiger partial charge in [0.2, 0.25) is 0 Å². The highest BCUT2D eigenvalue weighted by Crippen LogP contribution is 2.28. The molecule has 1 aliphatic rings. The number of rotatable bonds is 6. The van der Waals surface area contributed by atoms with Gasteiger partial charge >= 0.3 is 0 Å². The van der Waals surface area contributed by atoms with Gasteiger partial charge in [0.05, 0.1) is 18.8 Å². The van der Waals surface area contributed by atoms with Crippen molar-refractivity contribution in [3.8, 4) is 17.6 Å². The van der Waals surface area contributed by atoms with E-state index in [4.69, 9.17) is 4.74 Å². The molecule has 0 radical (unpaired) electrons. The Labute approximate surface area is 133 Å². The highest BCUT2D eigenvalue weighted by atomic mass is 16.5. The molecule has 2 rings (SSSR count). The molecular weight excluding hydrogens is 276 g/mol. The maximum Gasteiger partial charge on any atom is 0.142 e. The zero-order chi connectivity index (χ0) is 15.8. The van der Waals surface area contributed by atoms with Gasteiger partial charge in [-0.25, -0.2) is 0 Å². The Kier molecular flexibility index (Phi) is 6.29. The van der Waals surface area contributed by atoms with Gasteiger partial charge < -0.3 is 14.4 Å². The smallest absolute Gasteiger partial charge is 0.142 e. The minimum absolute atomic E-state index is 0.407. The maximum absolute atomic E-state index is 10.4. The third-order valence-electron chi connectivity index (χ3n) is 3.67. The van der Waals surface area contributed by atoms with Crippen molar-refractivity contribution in [2.45, 2.75) is 19.3 Å². The molecule has 1 aromatic carbocycles. The summed E-state index contributed by atoms with van der Waals surface area (Å²) in [6.45, 7) is 3.58. The largest absolute Gasteiger partial charge is 0.491 e. The predicted molar refractivity (Wildman–Crippen MR) is 89.5 cm³/mol. The van der Waals surface area contributed by atoms with E-state index in [1.54, 1.807) is 0 Å². The SMILES string of the molecule is CN(C)c1cc(C#CCN2CCCC2)ccc1OCCC=O. The molecule has 0 aromatic heterocycles. The van der Waals surface area contributed by atoms with Crippen molar-refractivity contribution in [1.29, 1.82) is 0 Å². The number of anilines is 1. The Morgan fingerprint density at radius 2 is 2.09 bits per heavy atom. The first kappa shape index (κ1) is 16.4. The van der Waals surface area contributed by atoms with Gasteiger partial charge in [-0.3, -0.25) is 4.90 Å². The average Bonchev–Trinajstić information content (AvgIpc) is 3.02. The lowest BCUT2D eigenvalue weighted by Crippen LogP contribution is -2.18. The van der Waals surface area contributed by atoms with Crippen LogP contribution in [0.4, 0.5) is 5.69 Å². The maximum atomic E-state index is 10.4. The summed E-state index contributed by atoms with van der Waals surface area (Å²) >= 11 is 0. The van der Waals surface area contributed by atoms with Gasteiger partial charge in [0.1, 0.15) is 12.0 Å². The van der Waals surface area contributed by atoms with Crippen LogP contribution in [-0.4, -0.2) is 51.5 Å². The number of hydrogen-bond acceptors (Lipinski definition) is 4. The molecule has 0 N–H and O–H groups in total. The Hall–Kier alpha value is -1.99. The summed E-state index contributed by atoms with van der Waals surface area (Å²) in [5.41, 5.74) is 1.98. The minimum atomic E-state index is 0.407. The Morgan fingerprint density at radius 1 is 1.32 bits per heavy atom. The normalized spacial score (nSPS) is 14.3. The van der Waals surface area contributed by atoms with Crippen molar-refractivity contribution < 1.29 is 9.53 Å². The van der Waals surface area contributed by atoms with Crippen molar-refractivity contribution in [2.75, 3.05) is 45.2 Å². The summed E-state index contributed by atoms with van der Waals surface area (Å²) < 4.78 is 5.65. The number of likely N-dealkylation sites (tertiary alicyclic amines) is 1. The van der Waals surface area contributed by atoms with Gasteiger partial charge in [0, 0.05) is 26.1 Å². The van der Waals surface area contributed by atoms with Crippen molar-refractivity contribution in [3.63, 3.8) is 0 Å². The van der Waals surface area contributed by atoms with Crippen LogP contribution in [0.2, 0.25) is 0 Å². The third kappa shape index (κ3) is 4.78. The fraction of sp³-hybridized carbons (Fsp3) is 0.500. The molecule has 0 aliphatic carbocycles. The standard InChI is InChI=1S/C18H24N2O2/c1-19(2)17-15-16(7-5-12-20-10-3-4-11-20)8-9-18(17)22-14-6-13-21/h8-9,13,15H,3-4,6,10-12,14H2,1-2H3. The van der Waals surface area contributed by atoms with Crippen molar-refractivity contribution >= 4 is 12.0 Å². The highest BCUT2D eigenvalue weighted by Gasteiger charge is 2.09. The topological polar surface area (TPSA) is 32.8 Å². The highest BCUT2D eigenvalue weighted by molar-refractivity contribution is 5.61. The van der Waals surface area contributed by atoms with E-state index in [0.717, 1.165) is 29.8 Å². The second-order valence-electron chi connectivity index (χ2n) is 5.67. The van der Waals surface area contributed by atoms with E-state index in [1.165, 1.54) is 25.9 Å². The summed E-state index contributed by atoms with van der Waals surface area (Å²) in [4.78, 5) is 14.8. The van der Waals surface area contributed by atoms with Crippen LogP contribution < -0.4 is 9.64 Å². The van der Waals surface area contributed by atoms with Crippen LogP contribution >= 0.6 is 0 Å². The molecule has 1 saturated heterocycles. The number of aldehydes is 1. The molecule has 0 atom stereocenters. The van der Waals surface area contributed by atoms with E-state index in [1.807, 2.05) is 37.2 Å². The van der Waals surface area contributed by atoms with Crippen LogP contribution in [-0.2, 0) is 4.79 Å². The Balaban J connectivity index is 2.04. The number of carbonyl (C=O) groups is 1. The predicted octanol–water partition coefficient (Wildman–Crippen LogP) is 2.17. The molecule has 0 saturated carbocycles. The van der Waals surface area contributed by atoms with Gasteiger partial charge in [-0.15, -0.1) is 0 Å². The zero-order valence-corrected chi connectivity index (χ0v) is 13.5. The number of hydrogen-bond donors (Lipinski definition) is 0. The van der Waals surface area contributed by atoms with Gasteiger partial charge in [-0.2, -0.15) is 0 Å². The molecule has 1 aliphatic heterocycles. The van der Waals surface area contributed by atoms with E-state index < -0.39 is 0 Å². The van der Waals surface area contributed by atoms with E-state index in [2.05, 4.69) is 16.7 Å². The van der Waals surface area contributed by atoms with Crippen LogP contribution in [0.25, 0.3) is 0 Å². The molecule has 4 nitrogen and oxygen atoms in total. The van der Waals surface area contributed by atoms with Crippen molar-refractivity contribution in [2.24, 2.45) is 0 Å². The summed E-state index contributed by atoms with van der Waals surface area (Å²) in [6, 6.07) is 5.94. The van der Waals surface area contributed by atoms with Gasteiger partial charge in [-0.05, 0) is 44.1 Å². The second-order valence-corrected chi connectivity index (χ2v) is 5.67. The van der Waals surface area contributed by atoms with Crippen LogP contribution in [0.3, 0.4) is 0 Å². The Morgan fingerprint density at radius 3 is 2.77 bits per heavy atom. The van der Waals surface area contributed by atoms with E-state index in [9.17, 15) is 4.79 Å². The first-order chi connectivity index (χ1) is 10.7. The first-order valence-electron chi connectivity index (χ1n) is 7.80. The van der Waals surface area contributed by atoms with Gasteiger partial charge in [-0.1, -0.05) is 11.8 Å². The average molecular weight is 300 g/mol. The van der Waals surface area contributed by atoms with Crippen LogP contribution in [0.15, 0.2) is 18.2 Å². The molecule has 1 fully saturated rings. The molecule has 1 aromatic rings. The fourth-order valence-electron chi connectivity index (χ4n) is 2.48. The summed E-state index contributed by atoms with van der Waals surface area (Å²) in [5, 5.41) is 0. The lowest BCUT2D eigenvalue weighted by Gasteiger charge is -2.18. The minimum Gasteiger partial charge on any atom is -0.491 e. The van der Waals surface area contributed by atoms with Crippen molar-refractivity contribution in [3.05, 3.63) is 23.8 Å². The molecule has 118 valence electrons. The van der Waals surface area contributed by atoms with E-state index in [-0.39, 0.29) is 0 Å². The van der Waals surface area contributed by atoms with Crippen LogP contribution in [0.1, 0.15) is 24.8 Å². The first-order valence-corrected chi connectivity index (χ1v) is 7.80. The van der Waals surface area contributed by atoms with E-state index in [0.29, 0.717) is 13.0 Å². The molecular formula is C18H24N2O2. The lowest BCUT2D eigenvalue weighted by atomic mass is 10.1. The molecule has 22 heavy (non-hydrogen) atoms. The summed E-state index contributed by atoms with van der Waals surface area (Å²) in [5.74, 6) is 7.27. The van der Waals surface area contributed by atoms with Crippen LogP contribution in [0, 0.1) is 11.8 Å². The molecule has 0 spiro atoms. The summed E-state index contributed by atoms with van der Waals surface area (Å²) in [7, 11) is 3.95. The van der Waals surface area contributed by atoms with Crippen LogP contribution in [0.5, 0.6) is 5.75 Å². The second kappa shape index (κ2) is 8.45. The van der Waals surface area contributed by atoms with E-state index >= 15 is 0 Å². The number of carbonyl (C=O) groups excluding carboxylic acids is 1. The molecule has 0 unspecified atom stereocenters. The van der Waals surface area contributed by atoms with Gasteiger partial charge in [0.25, 0.3) is 0 Å². The fourth-order valence-corrected chi connectivity index (χ4v) is 2.48. The quantitative estimate of drug-likeness (QED) is 0.458. The van der Waals surface area contributed by atoms with Gasteiger partial charge in [0.15, 0.2) is 0 Å². The number of nitrogens with zero attached hydrogens (tertiary/aromatic N) is 2. The number of benzene rings is 1. The molecule has 1 heterocycles. The molecule has 0 amide bonds. The zero-order valence-electron chi connectivity index (χ0n) is 13.5. The third-order valence-corrected chi connectivity index (χ3v) is 3.67.